The Hall–Kier alpha value is -3.06. The summed E-state index contributed by atoms with van der Waals surface area (Å²) in [6.45, 7) is 2.64. The zero-order valence-electron chi connectivity index (χ0n) is 15.6. The first-order valence-corrected chi connectivity index (χ1v) is 9.12. The Bertz CT molecular complexity index is 845. The van der Waals surface area contributed by atoms with Gasteiger partial charge >= 0.3 is 5.97 Å². The molecule has 0 saturated carbocycles. The number of hydrogen-bond acceptors (Lipinski definition) is 5. The number of ether oxygens (including phenoxy) is 3. The van der Waals surface area contributed by atoms with Crippen LogP contribution in [0.15, 0.2) is 42.5 Å². The number of hydrogen-bond donors (Lipinski definition) is 2. The van der Waals surface area contributed by atoms with Crippen molar-refractivity contribution in [2.45, 2.75) is 25.9 Å². The molecule has 7 nitrogen and oxygen atoms in total. The molecule has 7 heteroatoms. The average molecular weight is 385 g/mol. The van der Waals surface area contributed by atoms with Crippen LogP contribution in [0.2, 0.25) is 0 Å². The molecule has 0 aromatic heterocycles. The van der Waals surface area contributed by atoms with Gasteiger partial charge in [0.05, 0.1) is 6.10 Å². The second kappa shape index (κ2) is 9.23. The third kappa shape index (κ3) is 5.47. The van der Waals surface area contributed by atoms with E-state index in [9.17, 15) is 9.59 Å². The topological polar surface area (TPSA) is 94.1 Å². The highest BCUT2D eigenvalue weighted by Gasteiger charge is 2.16. The molecule has 1 aliphatic heterocycles. The molecule has 1 unspecified atom stereocenters. The number of aliphatic carboxylic acids is 1. The number of anilines is 1. The Morgan fingerprint density at radius 2 is 2.00 bits per heavy atom. The highest BCUT2D eigenvalue weighted by Crippen LogP contribution is 2.23. The number of carboxylic acid groups (broad SMARTS) is 1. The molecule has 28 heavy (non-hydrogen) atoms. The van der Waals surface area contributed by atoms with Crippen LogP contribution < -0.4 is 14.8 Å². The molecule has 0 aliphatic carbocycles. The molecule has 1 saturated heterocycles. The summed E-state index contributed by atoms with van der Waals surface area (Å²) >= 11 is 0. The van der Waals surface area contributed by atoms with E-state index in [4.69, 9.17) is 19.3 Å². The van der Waals surface area contributed by atoms with Crippen molar-refractivity contribution in [2.24, 2.45) is 0 Å². The van der Waals surface area contributed by atoms with E-state index < -0.39 is 12.6 Å². The molecule has 1 heterocycles. The Morgan fingerprint density at radius 1 is 1.18 bits per heavy atom. The van der Waals surface area contributed by atoms with Gasteiger partial charge in [-0.1, -0.05) is 6.07 Å². The van der Waals surface area contributed by atoms with E-state index in [-0.39, 0.29) is 12.0 Å². The fourth-order valence-corrected chi connectivity index (χ4v) is 2.90. The van der Waals surface area contributed by atoms with Crippen molar-refractivity contribution in [3.8, 4) is 11.5 Å². The maximum atomic E-state index is 12.6. The van der Waals surface area contributed by atoms with Crippen LogP contribution in [0.3, 0.4) is 0 Å². The highest BCUT2D eigenvalue weighted by molar-refractivity contribution is 6.04. The second-order valence-electron chi connectivity index (χ2n) is 6.59. The van der Waals surface area contributed by atoms with Gasteiger partial charge in [-0.2, -0.15) is 0 Å². The van der Waals surface area contributed by atoms with Gasteiger partial charge in [-0.15, -0.1) is 0 Å². The smallest absolute Gasteiger partial charge is 0.341 e. The van der Waals surface area contributed by atoms with E-state index in [0.717, 1.165) is 25.0 Å². The van der Waals surface area contributed by atoms with Gasteiger partial charge in [-0.05, 0) is 61.7 Å². The van der Waals surface area contributed by atoms with Gasteiger partial charge < -0.3 is 24.6 Å². The molecule has 2 aromatic rings. The first kappa shape index (κ1) is 19.7. The van der Waals surface area contributed by atoms with Crippen molar-refractivity contribution in [1.82, 2.24) is 0 Å². The summed E-state index contributed by atoms with van der Waals surface area (Å²) in [5.41, 5.74) is 1.87. The predicted molar refractivity (Wildman–Crippen MR) is 103 cm³/mol. The Morgan fingerprint density at radius 3 is 2.71 bits per heavy atom. The Labute approximate surface area is 163 Å². The monoisotopic (exact) mass is 385 g/mol. The third-order valence-corrected chi connectivity index (χ3v) is 4.36. The van der Waals surface area contributed by atoms with Crippen LogP contribution >= 0.6 is 0 Å². The molecular weight excluding hydrogens is 362 g/mol. The second-order valence-corrected chi connectivity index (χ2v) is 6.59. The van der Waals surface area contributed by atoms with Crippen molar-refractivity contribution in [1.29, 1.82) is 0 Å². The number of aryl methyl sites for hydroxylation is 1. The minimum absolute atomic E-state index is 0.113. The van der Waals surface area contributed by atoms with E-state index in [1.54, 1.807) is 36.4 Å². The fraction of sp³-hybridized carbons (Fsp3) is 0.333. The van der Waals surface area contributed by atoms with Crippen molar-refractivity contribution in [3.05, 3.63) is 53.6 Å². The molecule has 2 aromatic carbocycles. The fourth-order valence-electron chi connectivity index (χ4n) is 2.90. The quantitative estimate of drug-likeness (QED) is 0.724. The lowest BCUT2D eigenvalue weighted by atomic mass is 10.1. The lowest BCUT2D eigenvalue weighted by molar-refractivity contribution is -0.139. The van der Waals surface area contributed by atoms with Gasteiger partial charge in [0.15, 0.2) is 6.61 Å². The summed E-state index contributed by atoms with van der Waals surface area (Å²) in [6, 6.07) is 12.0. The number of nitrogens with one attached hydrogen (secondary N) is 1. The first-order valence-electron chi connectivity index (χ1n) is 9.12. The normalized spacial score (nSPS) is 15.8. The molecule has 3 rings (SSSR count). The van der Waals surface area contributed by atoms with Crippen LogP contribution in [-0.2, 0) is 9.53 Å². The average Bonchev–Trinajstić information content (AvgIpc) is 3.20. The van der Waals surface area contributed by atoms with E-state index >= 15 is 0 Å². The van der Waals surface area contributed by atoms with Crippen LogP contribution in [0.1, 0.15) is 28.8 Å². The standard InChI is InChI=1S/C21H23NO6/c1-14-10-17(28-13-20(23)24)7-8-19(14)22-21(25)15-4-2-5-16(11-15)27-12-18-6-3-9-26-18/h2,4-5,7-8,10-11,18H,3,6,9,12-13H2,1H3,(H,22,25)(H,23,24). The summed E-state index contributed by atoms with van der Waals surface area (Å²) in [6.07, 6.45) is 2.16. The third-order valence-electron chi connectivity index (χ3n) is 4.36. The predicted octanol–water partition coefficient (Wildman–Crippen LogP) is 3.27. The molecule has 0 spiro atoms. The zero-order chi connectivity index (χ0) is 19.9. The van der Waals surface area contributed by atoms with Crippen molar-refractivity contribution >= 4 is 17.6 Å². The largest absolute Gasteiger partial charge is 0.491 e. The number of carbonyl (C=O) groups excluding carboxylic acids is 1. The van der Waals surface area contributed by atoms with Crippen molar-refractivity contribution in [3.63, 3.8) is 0 Å². The van der Waals surface area contributed by atoms with E-state index in [1.807, 2.05) is 13.0 Å². The summed E-state index contributed by atoms with van der Waals surface area (Å²) in [5.74, 6) is -0.249. The highest BCUT2D eigenvalue weighted by atomic mass is 16.5. The first-order chi connectivity index (χ1) is 13.5. The molecule has 1 fully saturated rings. The summed E-state index contributed by atoms with van der Waals surface area (Å²) in [7, 11) is 0. The number of carboxylic acids is 1. The molecule has 0 bridgehead atoms. The maximum Gasteiger partial charge on any atom is 0.341 e. The van der Waals surface area contributed by atoms with E-state index in [2.05, 4.69) is 5.32 Å². The van der Waals surface area contributed by atoms with Gasteiger partial charge in [0.25, 0.3) is 5.91 Å². The number of carbonyl (C=O) groups is 2. The molecule has 0 radical (unpaired) electrons. The van der Waals surface area contributed by atoms with Crippen LogP contribution in [-0.4, -0.2) is 42.9 Å². The summed E-state index contributed by atoms with van der Waals surface area (Å²) < 4.78 is 16.4. The lowest BCUT2D eigenvalue weighted by Crippen LogP contribution is -2.17. The lowest BCUT2D eigenvalue weighted by Gasteiger charge is -2.13. The van der Waals surface area contributed by atoms with Crippen LogP contribution in [0.25, 0.3) is 0 Å². The van der Waals surface area contributed by atoms with Crippen LogP contribution in [0.4, 0.5) is 5.69 Å². The molecule has 1 aliphatic rings. The Kier molecular flexibility index (Phi) is 6.49. The molecule has 1 atom stereocenters. The van der Waals surface area contributed by atoms with Gasteiger partial charge in [0.1, 0.15) is 18.1 Å². The Balaban J connectivity index is 1.60. The number of amides is 1. The zero-order valence-corrected chi connectivity index (χ0v) is 15.6. The van der Waals surface area contributed by atoms with E-state index in [0.29, 0.717) is 29.4 Å². The van der Waals surface area contributed by atoms with Gasteiger partial charge in [-0.25, -0.2) is 4.79 Å². The summed E-state index contributed by atoms with van der Waals surface area (Å²) in [5, 5.41) is 11.5. The number of benzene rings is 2. The molecule has 2 N–H and O–H groups in total. The minimum atomic E-state index is -1.04. The van der Waals surface area contributed by atoms with Crippen molar-refractivity contribution in [2.75, 3.05) is 25.1 Å². The SMILES string of the molecule is Cc1cc(OCC(=O)O)ccc1NC(=O)c1cccc(OCC2CCCO2)c1. The maximum absolute atomic E-state index is 12.6. The number of rotatable bonds is 8. The van der Waals surface area contributed by atoms with Gasteiger partial charge in [-0.3, -0.25) is 4.79 Å². The molecule has 148 valence electrons. The molecular formula is C21H23NO6. The summed E-state index contributed by atoms with van der Waals surface area (Å²) in [4.78, 5) is 23.2. The van der Waals surface area contributed by atoms with Gasteiger partial charge in [0.2, 0.25) is 0 Å². The van der Waals surface area contributed by atoms with Crippen LogP contribution in [0.5, 0.6) is 11.5 Å². The minimum Gasteiger partial charge on any atom is -0.491 e. The molecule has 1 amide bonds. The van der Waals surface area contributed by atoms with Crippen LogP contribution in [0, 0.1) is 6.92 Å². The van der Waals surface area contributed by atoms with E-state index in [1.165, 1.54) is 0 Å². The van der Waals surface area contributed by atoms with Gasteiger partial charge in [0, 0.05) is 17.9 Å². The van der Waals surface area contributed by atoms with Crippen molar-refractivity contribution < 1.29 is 28.9 Å².